The van der Waals surface area contributed by atoms with Crippen molar-refractivity contribution in [3.63, 3.8) is 0 Å². The second-order valence-corrected chi connectivity index (χ2v) is 7.68. The highest BCUT2D eigenvalue weighted by Gasteiger charge is 2.18. The number of hydrogen-bond donors (Lipinski definition) is 1. The van der Waals surface area contributed by atoms with Crippen LogP contribution in [0.5, 0.6) is 0 Å². The molecule has 2 rings (SSSR count). The van der Waals surface area contributed by atoms with Crippen molar-refractivity contribution in [2.45, 2.75) is 64.2 Å². The van der Waals surface area contributed by atoms with E-state index in [1.54, 1.807) is 15.3 Å². The minimum atomic E-state index is 0.604. The van der Waals surface area contributed by atoms with E-state index in [1.165, 1.54) is 50.0 Å². The van der Waals surface area contributed by atoms with Gasteiger partial charge in [-0.2, -0.15) is 11.8 Å². The molecule has 0 saturated carbocycles. The molecule has 1 aliphatic heterocycles. The Labute approximate surface area is 126 Å². The molecule has 0 saturated heterocycles. The molecule has 1 N–H and O–H groups in total. The van der Waals surface area contributed by atoms with Gasteiger partial charge in [0, 0.05) is 21.5 Å². The normalized spacial score (nSPS) is 16.3. The molecule has 1 aromatic rings. The molecule has 0 bridgehead atoms. The van der Waals surface area contributed by atoms with Gasteiger partial charge in [0.05, 0.1) is 0 Å². The van der Waals surface area contributed by atoms with Crippen molar-refractivity contribution in [1.29, 1.82) is 0 Å². The number of aryl methyl sites for hydroxylation is 1. The molecule has 0 spiro atoms. The summed E-state index contributed by atoms with van der Waals surface area (Å²) in [6.45, 7) is 5.69. The maximum atomic E-state index is 3.76. The van der Waals surface area contributed by atoms with Gasteiger partial charge in [-0.1, -0.05) is 33.1 Å². The number of fused-ring (bicyclic) bond motifs is 1. The summed E-state index contributed by atoms with van der Waals surface area (Å²) < 4.78 is 0. The number of thiophene rings is 1. The van der Waals surface area contributed by atoms with Crippen molar-refractivity contribution in [3.05, 3.63) is 21.4 Å². The van der Waals surface area contributed by atoms with E-state index in [1.807, 2.05) is 0 Å². The summed E-state index contributed by atoms with van der Waals surface area (Å²) in [7, 11) is 0. The van der Waals surface area contributed by atoms with Gasteiger partial charge < -0.3 is 5.32 Å². The van der Waals surface area contributed by atoms with Crippen LogP contribution < -0.4 is 5.32 Å². The molecule has 2 heterocycles. The summed E-state index contributed by atoms with van der Waals surface area (Å²) in [6, 6.07) is 3.10. The topological polar surface area (TPSA) is 12.0 Å². The molecule has 0 fully saturated rings. The highest BCUT2D eigenvalue weighted by Crippen LogP contribution is 2.35. The van der Waals surface area contributed by atoms with Crippen molar-refractivity contribution in [1.82, 2.24) is 5.32 Å². The minimum Gasteiger partial charge on any atom is -0.309 e. The van der Waals surface area contributed by atoms with Gasteiger partial charge in [-0.05, 0) is 43.2 Å². The Hall–Kier alpha value is 0.01000. The molecule has 0 radical (unpaired) electrons. The third-order valence-electron chi connectivity index (χ3n) is 3.73. The first kappa shape index (κ1) is 15.4. The second kappa shape index (κ2) is 8.33. The van der Waals surface area contributed by atoms with E-state index in [0.29, 0.717) is 6.04 Å². The molecule has 0 aromatic carbocycles. The van der Waals surface area contributed by atoms with Gasteiger partial charge >= 0.3 is 0 Å². The van der Waals surface area contributed by atoms with Crippen molar-refractivity contribution in [2.24, 2.45) is 0 Å². The van der Waals surface area contributed by atoms with E-state index in [-0.39, 0.29) is 0 Å². The second-order valence-electron chi connectivity index (χ2n) is 5.40. The summed E-state index contributed by atoms with van der Waals surface area (Å²) in [5.41, 5.74) is 1.62. The molecule has 0 aliphatic carbocycles. The van der Waals surface area contributed by atoms with Crippen LogP contribution in [-0.4, -0.2) is 12.3 Å². The van der Waals surface area contributed by atoms with Gasteiger partial charge in [-0.25, -0.2) is 0 Å². The Bertz CT molecular complexity index is 349. The van der Waals surface area contributed by atoms with E-state index in [4.69, 9.17) is 0 Å². The zero-order valence-electron chi connectivity index (χ0n) is 12.3. The third-order valence-corrected chi connectivity index (χ3v) is 6.09. The average molecular weight is 298 g/mol. The summed E-state index contributed by atoms with van der Waals surface area (Å²) in [5.74, 6) is 2.55. The first-order chi connectivity index (χ1) is 9.35. The Morgan fingerprint density at radius 1 is 1.26 bits per heavy atom. The molecule has 1 atom stereocenters. The largest absolute Gasteiger partial charge is 0.309 e. The fourth-order valence-corrected chi connectivity index (χ4v) is 5.09. The summed E-state index contributed by atoms with van der Waals surface area (Å²) in [5, 5.41) is 3.76. The molecule has 19 heavy (non-hydrogen) atoms. The molecule has 1 unspecified atom stereocenters. The number of nitrogens with one attached hydrogen (secondary N) is 1. The SMILES string of the molecule is CCCCCC(NCCC)c1cc2c(s1)CCSC2. The zero-order chi connectivity index (χ0) is 13.5. The zero-order valence-corrected chi connectivity index (χ0v) is 14.0. The van der Waals surface area contributed by atoms with Gasteiger partial charge in [-0.15, -0.1) is 11.3 Å². The molecule has 1 aliphatic rings. The monoisotopic (exact) mass is 297 g/mol. The smallest absolute Gasteiger partial charge is 0.0415 e. The minimum absolute atomic E-state index is 0.604. The fourth-order valence-electron chi connectivity index (χ4n) is 2.60. The van der Waals surface area contributed by atoms with Gasteiger partial charge in [0.1, 0.15) is 0 Å². The molecule has 108 valence electrons. The summed E-state index contributed by atoms with van der Waals surface area (Å²) >= 11 is 4.16. The average Bonchev–Trinajstić information content (AvgIpc) is 2.86. The van der Waals surface area contributed by atoms with Crippen LogP contribution in [-0.2, 0) is 12.2 Å². The summed E-state index contributed by atoms with van der Waals surface area (Å²) in [4.78, 5) is 3.25. The van der Waals surface area contributed by atoms with Crippen LogP contribution >= 0.6 is 23.1 Å². The number of thioether (sulfide) groups is 1. The molecular weight excluding hydrogens is 270 g/mol. The lowest BCUT2D eigenvalue weighted by atomic mass is 10.1. The van der Waals surface area contributed by atoms with Crippen LogP contribution in [0.1, 0.15) is 67.3 Å². The van der Waals surface area contributed by atoms with Gasteiger partial charge in [0.2, 0.25) is 0 Å². The number of hydrogen-bond acceptors (Lipinski definition) is 3. The Balaban J connectivity index is 2.01. The summed E-state index contributed by atoms with van der Waals surface area (Å²) in [6.07, 6.45) is 7.87. The Kier molecular flexibility index (Phi) is 6.75. The number of unbranched alkanes of at least 4 members (excludes halogenated alkanes) is 2. The Morgan fingerprint density at radius 3 is 2.89 bits per heavy atom. The van der Waals surface area contributed by atoms with Crippen LogP contribution in [0, 0.1) is 0 Å². The van der Waals surface area contributed by atoms with Crippen molar-refractivity contribution >= 4 is 23.1 Å². The van der Waals surface area contributed by atoms with Crippen LogP contribution in [0.4, 0.5) is 0 Å². The van der Waals surface area contributed by atoms with Crippen molar-refractivity contribution in [3.8, 4) is 0 Å². The van der Waals surface area contributed by atoms with Gasteiger partial charge in [-0.3, -0.25) is 0 Å². The molecule has 3 heteroatoms. The lowest BCUT2D eigenvalue weighted by Gasteiger charge is -2.17. The van der Waals surface area contributed by atoms with E-state index < -0.39 is 0 Å². The number of rotatable bonds is 8. The van der Waals surface area contributed by atoms with Crippen molar-refractivity contribution < 1.29 is 0 Å². The predicted molar refractivity (Wildman–Crippen MR) is 89.4 cm³/mol. The van der Waals surface area contributed by atoms with Gasteiger partial charge in [0.25, 0.3) is 0 Å². The van der Waals surface area contributed by atoms with Crippen LogP contribution in [0.25, 0.3) is 0 Å². The van der Waals surface area contributed by atoms with E-state index >= 15 is 0 Å². The van der Waals surface area contributed by atoms with Crippen LogP contribution in [0.3, 0.4) is 0 Å². The molecule has 1 nitrogen and oxygen atoms in total. The first-order valence-corrected chi connectivity index (χ1v) is 9.74. The predicted octanol–water partition coefficient (Wildman–Crippen LogP) is 5.16. The molecule has 1 aromatic heterocycles. The maximum absolute atomic E-state index is 3.76. The van der Waals surface area contributed by atoms with E-state index in [0.717, 1.165) is 6.54 Å². The standard InChI is InChI=1S/C16H27NS2/c1-3-5-6-7-14(17-9-4-2)16-11-13-12-18-10-8-15(13)19-16/h11,14,17H,3-10,12H2,1-2H3. The van der Waals surface area contributed by atoms with Crippen LogP contribution in [0.15, 0.2) is 6.07 Å². The highest BCUT2D eigenvalue weighted by atomic mass is 32.2. The Morgan fingerprint density at radius 2 is 2.16 bits per heavy atom. The maximum Gasteiger partial charge on any atom is 0.0415 e. The first-order valence-electron chi connectivity index (χ1n) is 7.77. The fraction of sp³-hybridized carbons (Fsp3) is 0.750. The van der Waals surface area contributed by atoms with Crippen LogP contribution in [0.2, 0.25) is 0 Å². The highest BCUT2D eigenvalue weighted by molar-refractivity contribution is 7.98. The lowest BCUT2D eigenvalue weighted by Crippen LogP contribution is -2.21. The lowest BCUT2D eigenvalue weighted by molar-refractivity contribution is 0.480. The van der Waals surface area contributed by atoms with Crippen molar-refractivity contribution in [2.75, 3.05) is 12.3 Å². The van der Waals surface area contributed by atoms with Gasteiger partial charge in [0.15, 0.2) is 0 Å². The molecule has 0 amide bonds. The quantitative estimate of drug-likeness (QED) is 0.665. The van der Waals surface area contributed by atoms with E-state index in [9.17, 15) is 0 Å². The van der Waals surface area contributed by atoms with E-state index in [2.05, 4.69) is 48.3 Å². The third kappa shape index (κ3) is 4.51. The molecular formula is C16H27NS2.